The zero-order chi connectivity index (χ0) is 13.8. The molecule has 1 aromatic heterocycles. The second-order valence-corrected chi connectivity index (χ2v) is 4.79. The molecule has 1 heterocycles. The standard InChI is InChI=1S/C19H15N/c1-15(16-7-3-2-4-8-16)11-13-18-14-12-17-9-5-6-10-19(17)20-18/h2-10,12,14-15H,1H3. The minimum absolute atomic E-state index is 0.212. The average molecular weight is 257 g/mol. The van der Waals surface area contributed by atoms with E-state index in [1.54, 1.807) is 0 Å². The van der Waals surface area contributed by atoms with E-state index in [1.165, 1.54) is 5.56 Å². The van der Waals surface area contributed by atoms with Crippen LogP contribution in [-0.2, 0) is 0 Å². The van der Waals surface area contributed by atoms with Crippen molar-refractivity contribution >= 4 is 10.9 Å². The van der Waals surface area contributed by atoms with Gasteiger partial charge < -0.3 is 0 Å². The van der Waals surface area contributed by atoms with E-state index in [0.29, 0.717) is 0 Å². The Bertz CT molecular complexity index is 779. The van der Waals surface area contributed by atoms with Crippen molar-refractivity contribution in [2.75, 3.05) is 0 Å². The third kappa shape index (κ3) is 2.70. The number of hydrogen-bond acceptors (Lipinski definition) is 1. The molecule has 1 heteroatoms. The van der Waals surface area contributed by atoms with Crippen LogP contribution in [0.15, 0.2) is 66.7 Å². The van der Waals surface area contributed by atoms with Crippen LogP contribution in [0.3, 0.4) is 0 Å². The molecule has 1 unspecified atom stereocenters. The second kappa shape index (κ2) is 5.59. The van der Waals surface area contributed by atoms with Crippen molar-refractivity contribution in [2.24, 2.45) is 0 Å². The molecule has 0 aliphatic rings. The first kappa shape index (κ1) is 12.4. The molecule has 0 aliphatic heterocycles. The SMILES string of the molecule is CC(C#Cc1ccc2ccccc2n1)c1ccccc1. The van der Waals surface area contributed by atoms with Crippen molar-refractivity contribution in [2.45, 2.75) is 12.8 Å². The quantitative estimate of drug-likeness (QED) is 0.589. The number of nitrogens with zero attached hydrogens (tertiary/aromatic N) is 1. The van der Waals surface area contributed by atoms with Gasteiger partial charge in [0.1, 0.15) is 5.69 Å². The van der Waals surface area contributed by atoms with E-state index in [1.807, 2.05) is 42.5 Å². The molecule has 0 saturated carbocycles. The summed E-state index contributed by atoms with van der Waals surface area (Å²) in [5.74, 6) is 6.65. The fourth-order valence-electron chi connectivity index (χ4n) is 2.14. The van der Waals surface area contributed by atoms with Crippen molar-refractivity contribution < 1.29 is 0 Å². The van der Waals surface area contributed by atoms with Crippen LogP contribution in [-0.4, -0.2) is 4.98 Å². The van der Waals surface area contributed by atoms with Crippen molar-refractivity contribution in [3.63, 3.8) is 0 Å². The molecule has 0 N–H and O–H groups in total. The van der Waals surface area contributed by atoms with Crippen molar-refractivity contribution in [1.82, 2.24) is 4.98 Å². The summed E-state index contributed by atoms with van der Waals surface area (Å²) in [6, 6.07) is 22.5. The summed E-state index contributed by atoms with van der Waals surface area (Å²) in [5.41, 5.74) is 3.05. The highest BCUT2D eigenvalue weighted by Gasteiger charge is 2.00. The van der Waals surface area contributed by atoms with Crippen LogP contribution in [0.4, 0.5) is 0 Å². The molecule has 1 atom stereocenters. The van der Waals surface area contributed by atoms with Crippen molar-refractivity contribution in [3.05, 3.63) is 78.0 Å². The van der Waals surface area contributed by atoms with E-state index in [9.17, 15) is 0 Å². The van der Waals surface area contributed by atoms with E-state index in [4.69, 9.17) is 0 Å². The fraction of sp³-hybridized carbons (Fsp3) is 0.105. The van der Waals surface area contributed by atoms with E-state index < -0.39 is 0 Å². The van der Waals surface area contributed by atoms with E-state index >= 15 is 0 Å². The van der Waals surface area contributed by atoms with Crippen LogP contribution < -0.4 is 0 Å². The fourth-order valence-corrected chi connectivity index (χ4v) is 2.14. The summed E-state index contributed by atoms with van der Waals surface area (Å²) in [5, 5.41) is 1.15. The summed E-state index contributed by atoms with van der Waals surface area (Å²) in [6.45, 7) is 2.11. The van der Waals surface area contributed by atoms with Crippen LogP contribution in [0.2, 0.25) is 0 Å². The van der Waals surface area contributed by atoms with Crippen LogP contribution in [0.1, 0.15) is 24.1 Å². The molecule has 2 aromatic carbocycles. The van der Waals surface area contributed by atoms with Gasteiger partial charge >= 0.3 is 0 Å². The predicted octanol–water partition coefficient (Wildman–Crippen LogP) is 4.39. The van der Waals surface area contributed by atoms with Gasteiger partial charge in [0.25, 0.3) is 0 Å². The third-order valence-corrected chi connectivity index (χ3v) is 3.31. The van der Waals surface area contributed by atoms with E-state index in [-0.39, 0.29) is 5.92 Å². The van der Waals surface area contributed by atoms with Gasteiger partial charge in [-0.1, -0.05) is 60.5 Å². The normalized spacial score (nSPS) is 11.7. The van der Waals surface area contributed by atoms with Gasteiger partial charge in [0, 0.05) is 11.3 Å². The van der Waals surface area contributed by atoms with E-state index in [2.05, 4.69) is 48.0 Å². The number of para-hydroxylation sites is 1. The van der Waals surface area contributed by atoms with Gasteiger partial charge in [-0.2, -0.15) is 0 Å². The van der Waals surface area contributed by atoms with Crippen LogP contribution in [0, 0.1) is 11.8 Å². The molecule has 0 bridgehead atoms. The third-order valence-electron chi connectivity index (χ3n) is 3.31. The minimum atomic E-state index is 0.212. The molecule has 0 saturated heterocycles. The van der Waals surface area contributed by atoms with Gasteiger partial charge in [0.15, 0.2) is 0 Å². The second-order valence-electron chi connectivity index (χ2n) is 4.79. The number of benzene rings is 2. The summed E-state index contributed by atoms with van der Waals surface area (Å²) < 4.78 is 0. The largest absolute Gasteiger partial charge is 0.239 e. The Morgan fingerprint density at radius 2 is 1.60 bits per heavy atom. The van der Waals surface area contributed by atoms with Gasteiger partial charge in [0.05, 0.1) is 5.52 Å². The Balaban J connectivity index is 1.88. The average Bonchev–Trinajstić information content (AvgIpc) is 2.53. The lowest BCUT2D eigenvalue weighted by Gasteiger charge is -2.02. The van der Waals surface area contributed by atoms with Gasteiger partial charge in [-0.3, -0.25) is 0 Å². The molecule has 1 nitrogen and oxygen atoms in total. The minimum Gasteiger partial charge on any atom is -0.239 e. The number of pyridine rings is 1. The molecule has 3 aromatic rings. The molecule has 20 heavy (non-hydrogen) atoms. The molecule has 0 amide bonds. The highest BCUT2D eigenvalue weighted by Crippen LogP contribution is 2.14. The Morgan fingerprint density at radius 1 is 0.850 bits per heavy atom. The lowest BCUT2D eigenvalue weighted by molar-refractivity contribution is 1.00. The van der Waals surface area contributed by atoms with Crippen LogP contribution >= 0.6 is 0 Å². The first-order valence-corrected chi connectivity index (χ1v) is 6.75. The molecule has 0 spiro atoms. The predicted molar refractivity (Wildman–Crippen MR) is 83.5 cm³/mol. The van der Waals surface area contributed by atoms with Crippen LogP contribution in [0.25, 0.3) is 10.9 Å². The van der Waals surface area contributed by atoms with Crippen molar-refractivity contribution in [1.29, 1.82) is 0 Å². The van der Waals surface area contributed by atoms with Gasteiger partial charge in [-0.05, 0) is 30.5 Å². The Morgan fingerprint density at radius 3 is 2.45 bits per heavy atom. The highest BCUT2D eigenvalue weighted by molar-refractivity contribution is 5.78. The maximum Gasteiger partial charge on any atom is 0.113 e. The summed E-state index contributed by atoms with van der Waals surface area (Å²) >= 11 is 0. The zero-order valence-electron chi connectivity index (χ0n) is 11.4. The Kier molecular flexibility index (Phi) is 3.48. The van der Waals surface area contributed by atoms with Gasteiger partial charge in [-0.15, -0.1) is 0 Å². The van der Waals surface area contributed by atoms with E-state index in [0.717, 1.165) is 16.6 Å². The molecule has 0 aliphatic carbocycles. The number of fused-ring (bicyclic) bond motifs is 1. The summed E-state index contributed by atoms with van der Waals surface area (Å²) in [6.07, 6.45) is 0. The molecule has 0 radical (unpaired) electrons. The molecule has 0 fully saturated rings. The molecule has 96 valence electrons. The maximum absolute atomic E-state index is 4.57. The molecular formula is C19H15N. The Labute approximate surface area is 119 Å². The zero-order valence-corrected chi connectivity index (χ0v) is 11.4. The maximum atomic E-state index is 4.57. The monoisotopic (exact) mass is 257 g/mol. The summed E-state index contributed by atoms with van der Waals surface area (Å²) in [7, 11) is 0. The van der Waals surface area contributed by atoms with Crippen molar-refractivity contribution in [3.8, 4) is 11.8 Å². The highest BCUT2D eigenvalue weighted by atomic mass is 14.7. The van der Waals surface area contributed by atoms with Crippen LogP contribution in [0.5, 0.6) is 0 Å². The first-order chi connectivity index (χ1) is 9.83. The lowest BCUT2D eigenvalue weighted by atomic mass is 10.0. The molecular weight excluding hydrogens is 242 g/mol. The number of hydrogen-bond donors (Lipinski definition) is 0. The smallest absolute Gasteiger partial charge is 0.113 e. The summed E-state index contributed by atoms with van der Waals surface area (Å²) in [4.78, 5) is 4.57. The lowest BCUT2D eigenvalue weighted by Crippen LogP contribution is -1.89. The molecule has 3 rings (SSSR count). The number of aromatic nitrogens is 1. The Hall–Kier alpha value is -2.59. The van der Waals surface area contributed by atoms with Gasteiger partial charge in [0.2, 0.25) is 0 Å². The number of rotatable bonds is 1. The topological polar surface area (TPSA) is 12.9 Å². The van der Waals surface area contributed by atoms with Gasteiger partial charge in [-0.25, -0.2) is 4.98 Å². The first-order valence-electron chi connectivity index (χ1n) is 6.75.